The summed E-state index contributed by atoms with van der Waals surface area (Å²) in [6.07, 6.45) is 5.79. The SMILES string of the molecule is COc1cc(N2CCC(N3CCN(C)CC3)CC2)ccc1Cc1ncc(C#N)c(Cc2ccccc2N(C)S(C)(=O)=O)n1. The molecule has 0 amide bonds. The fourth-order valence-corrected chi connectivity index (χ4v) is 6.56. The maximum Gasteiger partial charge on any atom is 0.232 e. The number of ether oxygens (including phenoxy) is 1. The zero-order chi connectivity index (χ0) is 30.6. The molecule has 2 aliphatic rings. The van der Waals surface area contributed by atoms with E-state index in [9.17, 15) is 13.7 Å². The van der Waals surface area contributed by atoms with Gasteiger partial charge in [0.2, 0.25) is 10.0 Å². The molecule has 0 unspecified atom stereocenters. The lowest BCUT2D eigenvalue weighted by molar-refractivity contribution is 0.0982. The van der Waals surface area contributed by atoms with E-state index in [1.165, 1.54) is 30.5 Å². The van der Waals surface area contributed by atoms with Crippen LogP contribution in [-0.2, 0) is 22.9 Å². The first-order valence-corrected chi connectivity index (χ1v) is 16.6. The molecule has 10 nitrogen and oxygen atoms in total. The third kappa shape index (κ3) is 7.26. The van der Waals surface area contributed by atoms with Crippen molar-refractivity contribution in [3.63, 3.8) is 0 Å². The molecule has 11 heteroatoms. The number of para-hydroxylation sites is 1. The number of methoxy groups -OCH3 is 1. The van der Waals surface area contributed by atoms with E-state index >= 15 is 0 Å². The normalized spacial score (nSPS) is 17.0. The van der Waals surface area contributed by atoms with Crippen LogP contribution in [-0.4, -0.2) is 101 Å². The summed E-state index contributed by atoms with van der Waals surface area (Å²) < 4.78 is 31.5. The predicted octanol–water partition coefficient (Wildman–Crippen LogP) is 3.15. The number of likely N-dealkylation sites (N-methyl/N-ethyl adjacent to an activating group) is 1. The molecule has 2 aliphatic heterocycles. The third-order valence-corrected chi connectivity index (χ3v) is 9.92. The summed E-state index contributed by atoms with van der Waals surface area (Å²) in [6.45, 7) is 6.67. The predicted molar refractivity (Wildman–Crippen MR) is 169 cm³/mol. The quantitative estimate of drug-likeness (QED) is 0.365. The molecule has 0 N–H and O–H groups in total. The lowest BCUT2D eigenvalue weighted by Gasteiger charge is -2.42. The number of hydrogen-bond donors (Lipinski definition) is 0. The molecule has 0 radical (unpaired) electrons. The van der Waals surface area contributed by atoms with Crippen molar-refractivity contribution in [3.8, 4) is 11.8 Å². The Hall–Kier alpha value is -3.72. The molecule has 2 aromatic carbocycles. The van der Waals surface area contributed by atoms with Crippen molar-refractivity contribution < 1.29 is 13.2 Å². The monoisotopic (exact) mass is 603 g/mol. The van der Waals surface area contributed by atoms with Crippen molar-refractivity contribution >= 4 is 21.4 Å². The van der Waals surface area contributed by atoms with Crippen molar-refractivity contribution in [3.05, 3.63) is 76.9 Å². The van der Waals surface area contributed by atoms with E-state index in [-0.39, 0.29) is 0 Å². The Labute approximate surface area is 255 Å². The van der Waals surface area contributed by atoms with Crippen LogP contribution < -0.4 is 13.9 Å². The summed E-state index contributed by atoms with van der Waals surface area (Å²) >= 11 is 0. The van der Waals surface area contributed by atoms with Gasteiger partial charge in [0.05, 0.1) is 30.3 Å². The number of sulfonamides is 1. The Balaban J connectivity index is 1.30. The van der Waals surface area contributed by atoms with E-state index in [4.69, 9.17) is 9.72 Å². The van der Waals surface area contributed by atoms with Crippen LogP contribution in [0.3, 0.4) is 0 Å². The number of nitrogens with zero attached hydrogens (tertiary/aromatic N) is 7. The Kier molecular flexibility index (Phi) is 9.49. The molecule has 2 fully saturated rings. The van der Waals surface area contributed by atoms with E-state index in [1.54, 1.807) is 25.4 Å². The molecule has 0 aliphatic carbocycles. The van der Waals surface area contributed by atoms with Gasteiger partial charge in [-0.1, -0.05) is 24.3 Å². The topological polar surface area (TPSA) is 106 Å². The minimum absolute atomic E-state index is 0.300. The second-order valence-electron chi connectivity index (χ2n) is 11.5. The fraction of sp³-hybridized carbons (Fsp3) is 0.469. The fourth-order valence-electron chi connectivity index (χ4n) is 6.02. The largest absolute Gasteiger partial charge is 0.496 e. The number of piperidine rings is 1. The number of anilines is 2. The lowest BCUT2D eigenvalue weighted by Crippen LogP contribution is -2.52. The summed E-state index contributed by atoms with van der Waals surface area (Å²) in [5.74, 6) is 1.36. The molecule has 5 rings (SSSR count). The molecule has 3 heterocycles. The van der Waals surface area contributed by atoms with Gasteiger partial charge in [-0.15, -0.1) is 0 Å². The lowest BCUT2D eigenvalue weighted by atomic mass is 10.0. The van der Waals surface area contributed by atoms with Gasteiger partial charge in [0.1, 0.15) is 17.6 Å². The van der Waals surface area contributed by atoms with Gasteiger partial charge < -0.3 is 14.5 Å². The number of aromatic nitrogens is 2. The Morgan fingerprint density at radius 1 is 1.02 bits per heavy atom. The molecule has 0 spiro atoms. The minimum Gasteiger partial charge on any atom is -0.496 e. The molecule has 228 valence electrons. The molecule has 0 bridgehead atoms. The molecule has 0 atom stereocenters. The Morgan fingerprint density at radius 3 is 2.42 bits per heavy atom. The summed E-state index contributed by atoms with van der Waals surface area (Å²) in [7, 11) is 1.96. The van der Waals surface area contributed by atoms with E-state index in [0.29, 0.717) is 41.7 Å². The van der Waals surface area contributed by atoms with E-state index in [0.717, 1.165) is 61.8 Å². The zero-order valence-corrected chi connectivity index (χ0v) is 26.3. The highest BCUT2D eigenvalue weighted by Crippen LogP contribution is 2.30. The highest BCUT2D eigenvalue weighted by molar-refractivity contribution is 7.92. The van der Waals surface area contributed by atoms with Crippen molar-refractivity contribution in [1.29, 1.82) is 5.26 Å². The van der Waals surface area contributed by atoms with E-state index in [2.05, 4.69) is 51.0 Å². The van der Waals surface area contributed by atoms with Crippen LogP contribution in [0, 0.1) is 11.3 Å². The third-order valence-electron chi connectivity index (χ3n) is 8.73. The van der Waals surface area contributed by atoms with Gasteiger partial charge in [-0.2, -0.15) is 5.26 Å². The number of nitriles is 1. The standard InChI is InChI=1S/C32H41N7O3S/c1-36-15-17-39(18-16-36)27-11-13-38(14-12-27)28-10-9-25(31(21-28)42-3)20-32-34-23-26(22-33)29(35-32)19-24-7-5-6-8-30(24)37(2)43(4,40)41/h5-10,21,23,27H,11-20H2,1-4H3. The first-order valence-electron chi connectivity index (χ1n) is 14.8. The molecule has 1 aromatic heterocycles. The highest BCUT2D eigenvalue weighted by Gasteiger charge is 2.27. The van der Waals surface area contributed by atoms with Gasteiger partial charge in [0.25, 0.3) is 0 Å². The molecular formula is C32H41N7O3S. The van der Waals surface area contributed by atoms with Crippen molar-refractivity contribution in [1.82, 2.24) is 19.8 Å². The number of benzene rings is 2. The van der Waals surface area contributed by atoms with Crippen LogP contribution in [0.5, 0.6) is 5.75 Å². The van der Waals surface area contributed by atoms with Gasteiger partial charge in [0, 0.05) is 88.7 Å². The highest BCUT2D eigenvalue weighted by atomic mass is 32.2. The van der Waals surface area contributed by atoms with E-state index in [1.807, 2.05) is 12.1 Å². The van der Waals surface area contributed by atoms with Crippen LogP contribution in [0.2, 0.25) is 0 Å². The summed E-state index contributed by atoms with van der Waals surface area (Å²) in [5.41, 5.74) is 4.36. The number of hydrogen-bond acceptors (Lipinski definition) is 9. The van der Waals surface area contributed by atoms with Crippen LogP contribution in [0.15, 0.2) is 48.7 Å². The summed E-state index contributed by atoms with van der Waals surface area (Å²) in [5, 5.41) is 9.76. The average Bonchev–Trinajstić information content (AvgIpc) is 3.01. The minimum atomic E-state index is -3.45. The zero-order valence-electron chi connectivity index (χ0n) is 25.5. The molecule has 2 saturated heterocycles. The van der Waals surface area contributed by atoms with Gasteiger partial charge in [-0.05, 0) is 37.6 Å². The second kappa shape index (κ2) is 13.3. The number of piperazine rings is 1. The summed E-state index contributed by atoms with van der Waals surface area (Å²) in [6, 6.07) is 16.4. The Bertz CT molecular complexity index is 1570. The maximum atomic E-state index is 12.2. The van der Waals surface area contributed by atoms with Crippen molar-refractivity contribution in [2.24, 2.45) is 0 Å². The number of rotatable bonds is 9. The van der Waals surface area contributed by atoms with Crippen molar-refractivity contribution in [2.75, 3.05) is 75.9 Å². The van der Waals surface area contributed by atoms with Crippen LogP contribution in [0.1, 0.15) is 41.1 Å². The molecule has 43 heavy (non-hydrogen) atoms. The van der Waals surface area contributed by atoms with Crippen LogP contribution in [0.25, 0.3) is 0 Å². The summed E-state index contributed by atoms with van der Waals surface area (Å²) in [4.78, 5) is 16.8. The van der Waals surface area contributed by atoms with E-state index < -0.39 is 10.0 Å². The smallest absolute Gasteiger partial charge is 0.232 e. The van der Waals surface area contributed by atoms with Gasteiger partial charge in [-0.3, -0.25) is 9.21 Å². The van der Waals surface area contributed by atoms with Crippen LogP contribution >= 0.6 is 0 Å². The maximum absolute atomic E-state index is 12.2. The second-order valence-corrected chi connectivity index (χ2v) is 13.5. The van der Waals surface area contributed by atoms with Gasteiger partial charge in [0.15, 0.2) is 0 Å². The Morgan fingerprint density at radius 2 is 1.74 bits per heavy atom. The van der Waals surface area contributed by atoms with Gasteiger partial charge >= 0.3 is 0 Å². The first-order chi connectivity index (χ1) is 20.7. The average molecular weight is 604 g/mol. The molecule has 3 aromatic rings. The van der Waals surface area contributed by atoms with Crippen LogP contribution in [0.4, 0.5) is 11.4 Å². The molecule has 0 saturated carbocycles. The van der Waals surface area contributed by atoms with Crippen molar-refractivity contribution in [2.45, 2.75) is 31.7 Å². The first kappa shape index (κ1) is 30.7. The molecular weight excluding hydrogens is 562 g/mol. The van der Waals surface area contributed by atoms with Gasteiger partial charge in [-0.25, -0.2) is 18.4 Å².